The number of hydrogen-bond acceptors (Lipinski definition) is 6. The summed E-state index contributed by atoms with van der Waals surface area (Å²) in [5, 5.41) is 9.89. The summed E-state index contributed by atoms with van der Waals surface area (Å²) in [6.45, 7) is 14.9. The predicted octanol–water partition coefficient (Wildman–Crippen LogP) is 6.73. The second-order valence-corrected chi connectivity index (χ2v) is 12.2. The molecule has 2 N–H and O–H groups in total. The van der Waals surface area contributed by atoms with Crippen LogP contribution in [0.5, 0.6) is 0 Å². The summed E-state index contributed by atoms with van der Waals surface area (Å²) in [5.41, 5.74) is 12.2. The first-order valence-corrected chi connectivity index (χ1v) is 15.6. The largest absolute Gasteiger partial charge is 0.398 e. The van der Waals surface area contributed by atoms with Gasteiger partial charge in [0.1, 0.15) is 23.9 Å². The quantitative estimate of drug-likeness (QED) is 0.368. The Morgan fingerprint density at radius 1 is 1.12 bits per heavy atom. The number of anilines is 2. The Kier molecular flexibility index (Phi) is 10.1. The maximum Gasteiger partial charge on any atom is 0.135 e. The lowest BCUT2D eigenvalue weighted by atomic mass is 9.87. The molecule has 0 saturated carbocycles. The number of fused-ring (bicyclic) bond motifs is 1. The van der Waals surface area contributed by atoms with Gasteiger partial charge in [0.2, 0.25) is 0 Å². The Morgan fingerprint density at radius 3 is 2.50 bits per heavy atom. The van der Waals surface area contributed by atoms with Crippen LogP contribution in [0.4, 0.5) is 15.9 Å². The van der Waals surface area contributed by atoms with Crippen molar-refractivity contribution in [2.24, 2.45) is 0 Å². The SMILES string of the molecule is CC12CCCN1CC(F)C2.CCCc1c(Cc2c([C@@H](C)CC)ccc(N)c2C#N)nc(CC)nc1N1CCCC1. The zero-order chi connectivity index (χ0) is 28.9. The molecule has 6 nitrogen and oxygen atoms in total. The van der Waals surface area contributed by atoms with E-state index < -0.39 is 6.17 Å². The lowest BCUT2D eigenvalue weighted by Gasteiger charge is -2.25. The van der Waals surface area contributed by atoms with Gasteiger partial charge in [0.15, 0.2) is 0 Å². The van der Waals surface area contributed by atoms with Gasteiger partial charge in [-0.3, -0.25) is 4.90 Å². The van der Waals surface area contributed by atoms with Gasteiger partial charge in [0.05, 0.1) is 11.3 Å². The molecule has 1 aromatic carbocycles. The van der Waals surface area contributed by atoms with Crippen molar-refractivity contribution in [1.82, 2.24) is 14.9 Å². The van der Waals surface area contributed by atoms with E-state index in [-0.39, 0.29) is 5.54 Å². The van der Waals surface area contributed by atoms with E-state index in [0.29, 0.717) is 30.1 Å². The summed E-state index contributed by atoms with van der Waals surface area (Å²) in [7, 11) is 0. The van der Waals surface area contributed by atoms with Crippen molar-refractivity contribution in [3.8, 4) is 6.07 Å². The van der Waals surface area contributed by atoms with Crippen LogP contribution in [0.3, 0.4) is 0 Å². The van der Waals surface area contributed by atoms with Crippen molar-refractivity contribution in [2.75, 3.05) is 36.8 Å². The Morgan fingerprint density at radius 2 is 1.88 bits per heavy atom. The molecular formula is C33H49FN6. The van der Waals surface area contributed by atoms with E-state index in [4.69, 9.17) is 15.7 Å². The number of rotatable bonds is 8. The second-order valence-electron chi connectivity index (χ2n) is 12.2. The molecule has 3 aliphatic rings. The van der Waals surface area contributed by atoms with E-state index in [2.05, 4.69) is 56.6 Å². The van der Waals surface area contributed by atoms with Gasteiger partial charge in [0.25, 0.3) is 0 Å². The number of halogens is 1. The molecule has 40 heavy (non-hydrogen) atoms. The van der Waals surface area contributed by atoms with Crippen LogP contribution >= 0.6 is 0 Å². The Bertz CT molecular complexity index is 1200. The Labute approximate surface area is 241 Å². The van der Waals surface area contributed by atoms with E-state index >= 15 is 0 Å². The Balaban J connectivity index is 0.000000307. The highest BCUT2D eigenvalue weighted by Gasteiger charge is 2.44. The maximum atomic E-state index is 12.8. The minimum absolute atomic E-state index is 0.236. The Hall–Kier alpha value is -2.72. The molecule has 4 heterocycles. The summed E-state index contributed by atoms with van der Waals surface area (Å²) in [6.07, 6.45) is 9.59. The van der Waals surface area contributed by atoms with Gasteiger partial charge < -0.3 is 10.6 Å². The smallest absolute Gasteiger partial charge is 0.135 e. The van der Waals surface area contributed by atoms with Crippen molar-refractivity contribution in [3.05, 3.63) is 45.9 Å². The zero-order valence-corrected chi connectivity index (χ0v) is 25.4. The molecule has 2 aromatic rings. The van der Waals surface area contributed by atoms with Crippen LogP contribution in [0.15, 0.2) is 12.1 Å². The highest BCUT2D eigenvalue weighted by atomic mass is 19.1. The standard InChI is InChI=1S/C25H35N5.C8H14FN/c1-5-10-19-23(28-24(7-3)29-25(19)30-13-8-9-14-30)15-20-18(17(4)6-2)11-12-22(27)21(20)16-26;1-8-3-2-4-10(8)6-7(9)5-8/h11-12,17H,5-10,13-15,27H2,1-4H3;7H,2-6H2,1H3/t17-;/m0./s1. The fourth-order valence-electron chi connectivity index (χ4n) is 6.82. The fraction of sp³-hybridized carbons (Fsp3) is 0.667. The normalized spacial score (nSPS) is 23.0. The molecule has 3 atom stereocenters. The molecule has 0 radical (unpaired) electrons. The van der Waals surface area contributed by atoms with E-state index in [1.807, 2.05) is 6.07 Å². The third kappa shape index (κ3) is 6.43. The van der Waals surface area contributed by atoms with Crippen LogP contribution in [0.1, 0.15) is 119 Å². The molecular weight excluding hydrogens is 499 g/mol. The van der Waals surface area contributed by atoms with Crippen molar-refractivity contribution < 1.29 is 4.39 Å². The molecule has 0 aliphatic carbocycles. The van der Waals surface area contributed by atoms with Crippen molar-refractivity contribution in [3.63, 3.8) is 0 Å². The summed E-state index contributed by atoms with van der Waals surface area (Å²) >= 11 is 0. The molecule has 7 heteroatoms. The highest BCUT2D eigenvalue weighted by Crippen LogP contribution is 2.39. The van der Waals surface area contributed by atoms with Crippen LogP contribution in [-0.4, -0.2) is 52.8 Å². The summed E-state index contributed by atoms with van der Waals surface area (Å²) in [4.78, 5) is 14.7. The number of nitrogens with zero attached hydrogens (tertiary/aromatic N) is 5. The number of nitrogen functional groups attached to an aromatic ring is 1. The van der Waals surface area contributed by atoms with Gasteiger partial charge in [-0.25, -0.2) is 14.4 Å². The number of aryl methyl sites for hydroxylation is 1. The number of alkyl halides is 1. The topological polar surface area (TPSA) is 82.1 Å². The average molecular weight is 549 g/mol. The average Bonchev–Trinajstić information content (AvgIpc) is 3.66. The second kappa shape index (κ2) is 13.3. The third-order valence-electron chi connectivity index (χ3n) is 9.31. The molecule has 3 aliphatic heterocycles. The molecule has 2 unspecified atom stereocenters. The van der Waals surface area contributed by atoms with E-state index in [0.717, 1.165) is 74.6 Å². The third-order valence-corrected chi connectivity index (χ3v) is 9.31. The van der Waals surface area contributed by atoms with Gasteiger partial charge in [0, 0.05) is 49.3 Å². The first kappa shape index (κ1) is 30.2. The maximum absolute atomic E-state index is 12.8. The minimum atomic E-state index is -0.551. The van der Waals surface area contributed by atoms with Gasteiger partial charge in [-0.15, -0.1) is 0 Å². The van der Waals surface area contributed by atoms with Crippen LogP contribution in [-0.2, 0) is 19.3 Å². The van der Waals surface area contributed by atoms with Crippen LogP contribution in [0.2, 0.25) is 0 Å². The lowest BCUT2D eigenvalue weighted by Crippen LogP contribution is -2.34. The number of benzene rings is 1. The first-order chi connectivity index (χ1) is 19.2. The van der Waals surface area contributed by atoms with E-state index in [1.54, 1.807) is 0 Å². The minimum Gasteiger partial charge on any atom is -0.398 e. The summed E-state index contributed by atoms with van der Waals surface area (Å²) < 4.78 is 12.8. The first-order valence-electron chi connectivity index (χ1n) is 15.6. The molecule has 0 amide bonds. The fourth-order valence-corrected chi connectivity index (χ4v) is 6.82. The molecule has 0 bridgehead atoms. The molecule has 3 saturated heterocycles. The number of hydrogen-bond donors (Lipinski definition) is 1. The molecule has 1 aromatic heterocycles. The number of nitriles is 1. The van der Waals surface area contributed by atoms with Crippen LogP contribution in [0.25, 0.3) is 0 Å². The summed E-state index contributed by atoms with van der Waals surface area (Å²) in [5.74, 6) is 2.37. The van der Waals surface area contributed by atoms with Crippen LogP contribution in [0, 0.1) is 11.3 Å². The highest BCUT2D eigenvalue weighted by molar-refractivity contribution is 5.62. The van der Waals surface area contributed by atoms with E-state index in [1.165, 1.54) is 36.8 Å². The molecule has 3 fully saturated rings. The number of aromatic nitrogens is 2. The predicted molar refractivity (Wildman–Crippen MR) is 163 cm³/mol. The molecule has 218 valence electrons. The monoisotopic (exact) mass is 548 g/mol. The zero-order valence-electron chi connectivity index (χ0n) is 25.4. The van der Waals surface area contributed by atoms with Crippen molar-refractivity contribution in [1.29, 1.82) is 5.26 Å². The van der Waals surface area contributed by atoms with Crippen LogP contribution < -0.4 is 10.6 Å². The molecule has 0 spiro atoms. The van der Waals surface area contributed by atoms with Crippen molar-refractivity contribution >= 4 is 11.5 Å². The van der Waals surface area contributed by atoms with Gasteiger partial charge in [-0.2, -0.15) is 5.26 Å². The summed E-state index contributed by atoms with van der Waals surface area (Å²) in [6, 6.07) is 6.35. The van der Waals surface area contributed by atoms with Gasteiger partial charge in [-0.1, -0.05) is 40.2 Å². The molecule has 5 rings (SSSR count). The van der Waals surface area contributed by atoms with Crippen molar-refractivity contribution in [2.45, 2.75) is 116 Å². The van der Waals surface area contributed by atoms with Gasteiger partial charge >= 0.3 is 0 Å². The van der Waals surface area contributed by atoms with Gasteiger partial charge in [-0.05, 0) is 81.5 Å². The number of nitrogens with two attached hydrogens (primary N) is 1. The van der Waals surface area contributed by atoms with E-state index in [9.17, 15) is 9.65 Å². The lowest BCUT2D eigenvalue weighted by molar-refractivity contribution is 0.217.